The van der Waals surface area contributed by atoms with Gasteiger partial charge in [-0.3, -0.25) is 0 Å². The zero-order valence-electron chi connectivity index (χ0n) is 10.1. The number of carbonyl (C=O) groups is 1. The van der Waals surface area contributed by atoms with Gasteiger partial charge in [-0.2, -0.15) is 0 Å². The van der Waals surface area contributed by atoms with Crippen molar-refractivity contribution >= 4 is 40.5 Å². The molecule has 2 rings (SSSR count). The Kier molecular flexibility index (Phi) is 3.98. The minimum absolute atomic E-state index is 0.291. The first-order chi connectivity index (χ1) is 8.97. The van der Waals surface area contributed by atoms with E-state index in [4.69, 9.17) is 28.3 Å². The van der Waals surface area contributed by atoms with Crippen LogP contribution in [0.2, 0.25) is 10.0 Å². The van der Waals surface area contributed by atoms with E-state index in [1.54, 1.807) is 43.3 Å². The quantitative estimate of drug-likeness (QED) is 0.859. The molecule has 0 aliphatic heterocycles. The van der Waals surface area contributed by atoms with Gasteiger partial charge in [0.2, 0.25) is 0 Å². The van der Waals surface area contributed by atoms with Crippen LogP contribution in [-0.4, -0.2) is 11.1 Å². The standard InChI is InChI=1S/C14H11Cl2NO2/c1-8-6-9(2-4-11(8)14(18)19)17-10-3-5-12(15)13(16)7-10/h2-7,17H,1H3,(H,18,19). The molecule has 0 saturated carbocycles. The highest BCUT2D eigenvalue weighted by Gasteiger charge is 2.07. The molecule has 0 unspecified atom stereocenters. The first-order valence-corrected chi connectivity index (χ1v) is 6.29. The van der Waals surface area contributed by atoms with Gasteiger partial charge in [-0.25, -0.2) is 4.79 Å². The molecule has 0 aliphatic carbocycles. The minimum Gasteiger partial charge on any atom is -0.478 e. The summed E-state index contributed by atoms with van der Waals surface area (Å²) >= 11 is 11.8. The van der Waals surface area contributed by atoms with Crippen molar-refractivity contribution in [1.29, 1.82) is 0 Å². The Morgan fingerprint density at radius 1 is 1.05 bits per heavy atom. The van der Waals surface area contributed by atoms with Crippen LogP contribution in [0.15, 0.2) is 36.4 Å². The zero-order valence-corrected chi connectivity index (χ0v) is 11.6. The molecule has 0 radical (unpaired) electrons. The second-order valence-corrected chi connectivity index (χ2v) is 4.90. The van der Waals surface area contributed by atoms with Crippen molar-refractivity contribution in [3.05, 3.63) is 57.6 Å². The number of rotatable bonds is 3. The summed E-state index contributed by atoms with van der Waals surface area (Å²) in [6, 6.07) is 10.3. The van der Waals surface area contributed by atoms with E-state index in [9.17, 15) is 4.79 Å². The summed E-state index contributed by atoms with van der Waals surface area (Å²) in [5, 5.41) is 13.1. The van der Waals surface area contributed by atoms with Crippen molar-refractivity contribution in [3.8, 4) is 0 Å². The van der Waals surface area contributed by atoms with Crippen LogP contribution >= 0.6 is 23.2 Å². The molecule has 0 amide bonds. The van der Waals surface area contributed by atoms with Gasteiger partial charge < -0.3 is 10.4 Å². The van der Waals surface area contributed by atoms with Crippen LogP contribution in [0.5, 0.6) is 0 Å². The van der Waals surface area contributed by atoms with Gasteiger partial charge in [0.05, 0.1) is 15.6 Å². The number of aryl methyl sites for hydroxylation is 1. The fourth-order valence-corrected chi connectivity index (χ4v) is 2.02. The maximum atomic E-state index is 10.9. The summed E-state index contributed by atoms with van der Waals surface area (Å²) in [6.07, 6.45) is 0. The summed E-state index contributed by atoms with van der Waals surface area (Å²) in [5.74, 6) is -0.932. The second-order valence-electron chi connectivity index (χ2n) is 4.09. The second kappa shape index (κ2) is 5.51. The van der Waals surface area contributed by atoms with Crippen molar-refractivity contribution in [2.24, 2.45) is 0 Å². The highest BCUT2D eigenvalue weighted by atomic mass is 35.5. The van der Waals surface area contributed by atoms with Crippen LogP contribution < -0.4 is 5.32 Å². The van der Waals surface area contributed by atoms with Gasteiger partial charge in [-0.05, 0) is 48.9 Å². The number of carboxylic acids is 1. The van der Waals surface area contributed by atoms with Gasteiger partial charge in [-0.15, -0.1) is 0 Å². The molecule has 3 nitrogen and oxygen atoms in total. The number of aromatic carboxylic acids is 1. The highest BCUT2D eigenvalue weighted by molar-refractivity contribution is 6.42. The monoisotopic (exact) mass is 295 g/mol. The molecule has 0 aliphatic rings. The third-order valence-electron chi connectivity index (χ3n) is 2.67. The number of benzene rings is 2. The van der Waals surface area contributed by atoms with Crippen LogP contribution in [-0.2, 0) is 0 Å². The van der Waals surface area contributed by atoms with Crippen molar-refractivity contribution in [1.82, 2.24) is 0 Å². The summed E-state index contributed by atoms with van der Waals surface area (Å²) in [5.41, 5.74) is 2.56. The molecule has 0 saturated heterocycles. The van der Waals surface area contributed by atoms with E-state index >= 15 is 0 Å². The zero-order chi connectivity index (χ0) is 14.0. The van der Waals surface area contributed by atoms with Crippen LogP contribution in [0.1, 0.15) is 15.9 Å². The predicted octanol–water partition coefficient (Wildman–Crippen LogP) is 4.74. The average Bonchev–Trinajstić information content (AvgIpc) is 2.33. The number of anilines is 2. The Labute approximate surface area is 120 Å². The van der Waals surface area contributed by atoms with Crippen LogP contribution in [0.4, 0.5) is 11.4 Å². The van der Waals surface area contributed by atoms with E-state index in [0.29, 0.717) is 21.2 Å². The molecule has 0 bridgehead atoms. The third-order valence-corrected chi connectivity index (χ3v) is 3.40. The molecule has 2 aromatic rings. The van der Waals surface area contributed by atoms with Crippen molar-refractivity contribution in [2.45, 2.75) is 6.92 Å². The lowest BCUT2D eigenvalue weighted by Gasteiger charge is -2.09. The summed E-state index contributed by atoms with van der Waals surface area (Å²) in [6.45, 7) is 1.75. The molecule has 0 spiro atoms. The van der Waals surface area contributed by atoms with E-state index < -0.39 is 5.97 Å². The fraction of sp³-hybridized carbons (Fsp3) is 0.0714. The number of halogens is 2. The van der Waals surface area contributed by atoms with Gasteiger partial charge in [0.15, 0.2) is 0 Å². The van der Waals surface area contributed by atoms with Crippen molar-refractivity contribution in [3.63, 3.8) is 0 Å². The third kappa shape index (κ3) is 3.19. The molecule has 0 fully saturated rings. The van der Waals surface area contributed by atoms with E-state index in [-0.39, 0.29) is 0 Å². The van der Waals surface area contributed by atoms with Gasteiger partial charge in [0.25, 0.3) is 0 Å². The van der Waals surface area contributed by atoms with Gasteiger partial charge in [0, 0.05) is 11.4 Å². The minimum atomic E-state index is -0.932. The summed E-state index contributed by atoms with van der Waals surface area (Å²) < 4.78 is 0. The van der Waals surface area contributed by atoms with E-state index in [2.05, 4.69) is 5.32 Å². The largest absolute Gasteiger partial charge is 0.478 e. The average molecular weight is 296 g/mol. The SMILES string of the molecule is Cc1cc(Nc2ccc(Cl)c(Cl)c2)ccc1C(=O)O. The lowest BCUT2D eigenvalue weighted by atomic mass is 10.1. The topological polar surface area (TPSA) is 49.3 Å². The van der Waals surface area contributed by atoms with Crippen LogP contribution in [0, 0.1) is 6.92 Å². The highest BCUT2D eigenvalue weighted by Crippen LogP contribution is 2.27. The maximum absolute atomic E-state index is 10.9. The van der Waals surface area contributed by atoms with Crippen LogP contribution in [0.3, 0.4) is 0 Å². The summed E-state index contributed by atoms with van der Waals surface area (Å²) in [4.78, 5) is 10.9. The number of nitrogens with one attached hydrogen (secondary N) is 1. The molecular weight excluding hydrogens is 285 g/mol. The normalized spacial score (nSPS) is 10.3. The molecule has 2 aromatic carbocycles. The Hall–Kier alpha value is -1.71. The Bertz CT molecular complexity index is 641. The molecule has 98 valence electrons. The fourth-order valence-electron chi connectivity index (χ4n) is 1.72. The molecule has 0 heterocycles. The first kappa shape index (κ1) is 13.7. The molecule has 2 N–H and O–H groups in total. The van der Waals surface area contributed by atoms with E-state index in [1.165, 1.54) is 0 Å². The maximum Gasteiger partial charge on any atom is 0.335 e. The summed E-state index contributed by atoms with van der Waals surface area (Å²) in [7, 11) is 0. The van der Waals surface area contributed by atoms with Gasteiger partial charge in [-0.1, -0.05) is 23.2 Å². The predicted molar refractivity (Wildman–Crippen MR) is 77.9 cm³/mol. The van der Waals surface area contributed by atoms with Gasteiger partial charge >= 0.3 is 5.97 Å². The van der Waals surface area contributed by atoms with Gasteiger partial charge in [0.1, 0.15) is 0 Å². The molecular formula is C14H11Cl2NO2. The smallest absolute Gasteiger partial charge is 0.335 e. The molecule has 0 aromatic heterocycles. The van der Waals surface area contributed by atoms with Crippen LogP contribution in [0.25, 0.3) is 0 Å². The van der Waals surface area contributed by atoms with E-state index in [1.807, 2.05) is 0 Å². The molecule has 19 heavy (non-hydrogen) atoms. The Morgan fingerprint density at radius 3 is 2.26 bits per heavy atom. The number of hydrogen-bond donors (Lipinski definition) is 2. The Balaban J connectivity index is 2.26. The molecule has 0 atom stereocenters. The van der Waals surface area contributed by atoms with Crippen molar-refractivity contribution in [2.75, 3.05) is 5.32 Å². The van der Waals surface area contributed by atoms with E-state index in [0.717, 1.165) is 11.4 Å². The number of hydrogen-bond acceptors (Lipinski definition) is 2. The van der Waals surface area contributed by atoms with Crippen molar-refractivity contribution < 1.29 is 9.90 Å². The number of carboxylic acid groups (broad SMARTS) is 1. The lowest BCUT2D eigenvalue weighted by Crippen LogP contribution is -2.00. The first-order valence-electron chi connectivity index (χ1n) is 5.53. The Morgan fingerprint density at radius 2 is 1.68 bits per heavy atom. The lowest BCUT2D eigenvalue weighted by molar-refractivity contribution is 0.0696. The molecule has 5 heteroatoms.